The molecule has 1 saturated heterocycles. The molecule has 1 rings (SSSR count). The molecule has 1 heterocycles. The number of rotatable bonds is 7. The van der Waals surface area contributed by atoms with Gasteiger partial charge in [0.25, 0.3) is 0 Å². The molecule has 0 N–H and O–H groups in total. The fourth-order valence-corrected chi connectivity index (χ4v) is 9.36. The summed E-state index contributed by atoms with van der Waals surface area (Å²) in [6.45, 7) is 4.88. The Hall–Kier alpha value is 0.104. The maximum Gasteiger partial charge on any atom is 0.391 e. The standard InChI is InChI=1S/C12H25F3O3Si2/c1-19-10-3-4-11-20(2,18-19)17-8-5-7-16-9-6-12(13,14)15/h19H,3-11H2,1-2H3. The molecule has 0 amide bonds. The van der Waals surface area contributed by atoms with Crippen molar-refractivity contribution >= 4 is 17.6 Å². The number of hydrogen-bond donors (Lipinski definition) is 0. The average Bonchev–Trinajstić information content (AvgIpc) is 2.48. The molecule has 0 aliphatic carbocycles. The highest BCUT2D eigenvalue weighted by Crippen LogP contribution is 2.25. The highest BCUT2D eigenvalue weighted by Gasteiger charge is 2.34. The van der Waals surface area contributed by atoms with Gasteiger partial charge in [-0.2, -0.15) is 13.2 Å². The number of hydrogen-bond acceptors (Lipinski definition) is 3. The second kappa shape index (κ2) is 8.52. The molecule has 8 heteroatoms. The molecule has 2 atom stereocenters. The van der Waals surface area contributed by atoms with Crippen LogP contribution >= 0.6 is 0 Å². The van der Waals surface area contributed by atoms with Crippen LogP contribution in [0.3, 0.4) is 0 Å². The van der Waals surface area contributed by atoms with Crippen molar-refractivity contribution in [1.82, 2.24) is 0 Å². The first-order valence-electron chi connectivity index (χ1n) is 7.27. The lowest BCUT2D eigenvalue weighted by Gasteiger charge is -2.28. The highest BCUT2D eigenvalue weighted by atomic mass is 28.4. The van der Waals surface area contributed by atoms with Crippen molar-refractivity contribution in [1.29, 1.82) is 0 Å². The highest BCUT2D eigenvalue weighted by molar-refractivity contribution is 6.74. The Morgan fingerprint density at radius 3 is 2.65 bits per heavy atom. The zero-order valence-corrected chi connectivity index (χ0v) is 14.5. The lowest BCUT2D eigenvalue weighted by molar-refractivity contribution is -0.145. The lowest BCUT2D eigenvalue weighted by atomic mass is 10.4. The van der Waals surface area contributed by atoms with Crippen molar-refractivity contribution in [2.45, 2.75) is 57.0 Å². The number of alkyl halides is 3. The van der Waals surface area contributed by atoms with E-state index in [0.29, 0.717) is 19.6 Å². The molecule has 1 fully saturated rings. The summed E-state index contributed by atoms with van der Waals surface area (Å²) >= 11 is 0. The van der Waals surface area contributed by atoms with Gasteiger partial charge in [0.2, 0.25) is 0 Å². The summed E-state index contributed by atoms with van der Waals surface area (Å²) in [4.78, 5) is 0. The van der Waals surface area contributed by atoms with E-state index in [-0.39, 0.29) is 6.61 Å². The second-order valence-corrected chi connectivity index (χ2v) is 11.7. The van der Waals surface area contributed by atoms with Gasteiger partial charge < -0.3 is 13.3 Å². The molecule has 0 aromatic carbocycles. The van der Waals surface area contributed by atoms with Crippen molar-refractivity contribution < 1.29 is 26.4 Å². The van der Waals surface area contributed by atoms with Crippen LogP contribution in [0.1, 0.15) is 25.7 Å². The first-order chi connectivity index (χ1) is 9.31. The summed E-state index contributed by atoms with van der Waals surface area (Å²) in [7, 11) is -3.10. The summed E-state index contributed by atoms with van der Waals surface area (Å²) in [5.41, 5.74) is 0. The summed E-state index contributed by atoms with van der Waals surface area (Å²) in [6.07, 6.45) is -1.99. The quantitative estimate of drug-likeness (QED) is 0.527. The van der Waals surface area contributed by atoms with Gasteiger partial charge in [-0.1, -0.05) is 12.8 Å². The van der Waals surface area contributed by atoms with E-state index in [1.807, 2.05) is 0 Å². The first kappa shape index (κ1) is 18.2. The van der Waals surface area contributed by atoms with E-state index >= 15 is 0 Å². The SMILES string of the molecule is C[SiH]1CCCC[Si](C)(OCCCOCCC(F)(F)F)O1. The molecule has 0 spiro atoms. The summed E-state index contributed by atoms with van der Waals surface area (Å²) in [6, 6.07) is 2.24. The van der Waals surface area contributed by atoms with Crippen LogP contribution in [0.2, 0.25) is 25.2 Å². The molecular weight excluding hydrogens is 305 g/mol. The Kier molecular flexibility index (Phi) is 7.74. The van der Waals surface area contributed by atoms with Crippen LogP contribution in [0.5, 0.6) is 0 Å². The largest absolute Gasteiger partial charge is 0.439 e. The van der Waals surface area contributed by atoms with Crippen LogP contribution in [-0.4, -0.2) is 43.6 Å². The topological polar surface area (TPSA) is 27.7 Å². The summed E-state index contributed by atoms with van der Waals surface area (Å²) < 4.78 is 52.7. The molecule has 0 aromatic rings. The molecule has 20 heavy (non-hydrogen) atoms. The maximum absolute atomic E-state index is 11.9. The Morgan fingerprint density at radius 1 is 1.20 bits per heavy atom. The predicted octanol–water partition coefficient (Wildman–Crippen LogP) is 3.60. The number of ether oxygens (including phenoxy) is 1. The van der Waals surface area contributed by atoms with Crippen molar-refractivity contribution in [3.05, 3.63) is 0 Å². The van der Waals surface area contributed by atoms with Gasteiger partial charge in [-0.25, -0.2) is 0 Å². The normalized spacial score (nSPS) is 28.4. The Bertz CT molecular complexity index is 279. The third-order valence-electron chi connectivity index (χ3n) is 3.31. The smallest absolute Gasteiger partial charge is 0.391 e. The fourth-order valence-electron chi connectivity index (χ4n) is 2.27. The number of halogens is 3. The van der Waals surface area contributed by atoms with Crippen LogP contribution in [0, 0.1) is 0 Å². The van der Waals surface area contributed by atoms with Gasteiger partial charge in [0, 0.05) is 13.2 Å². The van der Waals surface area contributed by atoms with E-state index in [9.17, 15) is 13.2 Å². The van der Waals surface area contributed by atoms with Gasteiger partial charge in [0.1, 0.15) is 0 Å². The summed E-state index contributed by atoms with van der Waals surface area (Å²) in [5.74, 6) is 0. The molecular formula is C12H25F3O3Si2. The monoisotopic (exact) mass is 330 g/mol. The van der Waals surface area contributed by atoms with E-state index in [4.69, 9.17) is 13.3 Å². The molecule has 120 valence electrons. The van der Waals surface area contributed by atoms with Crippen LogP contribution in [-0.2, 0) is 13.3 Å². The lowest BCUT2D eigenvalue weighted by Crippen LogP contribution is -2.41. The predicted molar refractivity (Wildman–Crippen MR) is 76.6 cm³/mol. The van der Waals surface area contributed by atoms with Crippen LogP contribution in [0.4, 0.5) is 13.2 Å². The third-order valence-corrected chi connectivity index (χ3v) is 10.2. The van der Waals surface area contributed by atoms with Gasteiger partial charge in [-0.05, 0) is 31.6 Å². The van der Waals surface area contributed by atoms with Gasteiger partial charge in [-0.15, -0.1) is 0 Å². The molecule has 0 radical (unpaired) electrons. The molecule has 0 aromatic heterocycles. The molecule has 1 aliphatic heterocycles. The Labute approximate surface area is 121 Å². The summed E-state index contributed by atoms with van der Waals surface area (Å²) in [5, 5.41) is 0. The zero-order valence-electron chi connectivity index (χ0n) is 12.3. The van der Waals surface area contributed by atoms with Crippen LogP contribution in [0.25, 0.3) is 0 Å². The Balaban J connectivity index is 2.08. The minimum absolute atomic E-state index is 0.265. The van der Waals surface area contributed by atoms with Crippen molar-refractivity contribution in [3.8, 4) is 0 Å². The van der Waals surface area contributed by atoms with Crippen molar-refractivity contribution in [3.63, 3.8) is 0 Å². The van der Waals surface area contributed by atoms with E-state index in [1.165, 1.54) is 18.9 Å². The van der Waals surface area contributed by atoms with Gasteiger partial charge in [0.15, 0.2) is 9.04 Å². The van der Waals surface area contributed by atoms with Crippen LogP contribution < -0.4 is 0 Å². The van der Waals surface area contributed by atoms with Crippen molar-refractivity contribution in [2.75, 3.05) is 19.8 Å². The zero-order chi connectivity index (χ0) is 15.1. The third kappa shape index (κ3) is 8.40. The van der Waals surface area contributed by atoms with Gasteiger partial charge >= 0.3 is 14.7 Å². The Morgan fingerprint density at radius 2 is 1.95 bits per heavy atom. The minimum atomic E-state index is -4.13. The molecule has 3 nitrogen and oxygen atoms in total. The first-order valence-corrected chi connectivity index (χ1v) is 12.2. The maximum atomic E-state index is 11.9. The fraction of sp³-hybridized carbons (Fsp3) is 1.00. The minimum Gasteiger partial charge on any atom is -0.439 e. The van der Waals surface area contributed by atoms with Gasteiger partial charge in [-0.3, -0.25) is 0 Å². The molecule has 0 saturated carbocycles. The molecule has 2 unspecified atom stereocenters. The van der Waals surface area contributed by atoms with Crippen molar-refractivity contribution in [2.24, 2.45) is 0 Å². The molecule has 0 bridgehead atoms. The molecule has 1 aliphatic rings. The second-order valence-electron chi connectivity index (χ2n) is 5.49. The van der Waals surface area contributed by atoms with E-state index in [2.05, 4.69) is 13.1 Å². The van der Waals surface area contributed by atoms with E-state index in [1.54, 1.807) is 0 Å². The van der Waals surface area contributed by atoms with E-state index in [0.717, 1.165) is 6.04 Å². The van der Waals surface area contributed by atoms with Crippen LogP contribution in [0.15, 0.2) is 0 Å². The average molecular weight is 330 g/mol. The van der Waals surface area contributed by atoms with Gasteiger partial charge in [0.05, 0.1) is 13.0 Å². The van der Waals surface area contributed by atoms with E-state index < -0.39 is 30.2 Å².